The molecule has 1 saturated carbocycles. The minimum atomic E-state index is -3.61. The van der Waals surface area contributed by atoms with Gasteiger partial charge in [0, 0.05) is 19.1 Å². The van der Waals surface area contributed by atoms with E-state index >= 15 is 0 Å². The second-order valence-electron chi connectivity index (χ2n) is 8.28. The normalized spacial score (nSPS) is 18.4. The summed E-state index contributed by atoms with van der Waals surface area (Å²) in [6.07, 6.45) is 8.75. The summed E-state index contributed by atoms with van der Waals surface area (Å²) in [5.74, 6) is -1.50. The fourth-order valence-electron chi connectivity index (χ4n) is 4.04. The highest BCUT2D eigenvalue weighted by atomic mass is 32.2. The molecule has 9 nitrogen and oxygen atoms in total. The lowest BCUT2D eigenvalue weighted by Gasteiger charge is -2.22. The summed E-state index contributed by atoms with van der Waals surface area (Å²) < 4.78 is 32.0. The van der Waals surface area contributed by atoms with Crippen molar-refractivity contribution in [3.63, 3.8) is 0 Å². The zero-order valence-electron chi connectivity index (χ0n) is 18.2. The summed E-state index contributed by atoms with van der Waals surface area (Å²) >= 11 is 0. The van der Waals surface area contributed by atoms with Gasteiger partial charge in [-0.2, -0.15) is 4.31 Å². The highest BCUT2D eigenvalue weighted by Gasteiger charge is 2.25. The van der Waals surface area contributed by atoms with E-state index in [0.717, 1.165) is 57.8 Å². The summed E-state index contributed by atoms with van der Waals surface area (Å²) in [4.78, 5) is 36.1. The first-order valence-electron chi connectivity index (χ1n) is 11.2. The maximum atomic E-state index is 12.8. The Hall–Kier alpha value is -2.46. The fourth-order valence-corrected chi connectivity index (χ4v) is 5.56. The lowest BCUT2D eigenvalue weighted by Crippen LogP contribution is -2.46. The van der Waals surface area contributed by atoms with Crippen molar-refractivity contribution in [1.82, 2.24) is 14.9 Å². The largest absolute Gasteiger partial charge is 0.452 e. The number of nitrogens with one attached hydrogen (secondary N) is 2. The average molecular weight is 466 g/mol. The van der Waals surface area contributed by atoms with E-state index in [1.165, 1.54) is 28.6 Å². The third-order valence-electron chi connectivity index (χ3n) is 5.82. The van der Waals surface area contributed by atoms with Crippen molar-refractivity contribution >= 4 is 27.9 Å². The van der Waals surface area contributed by atoms with Crippen molar-refractivity contribution in [2.45, 2.75) is 68.7 Å². The number of ether oxygens (including phenoxy) is 1. The number of nitrogens with zero attached hydrogens (tertiary/aromatic N) is 1. The van der Waals surface area contributed by atoms with Crippen molar-refractivity contribution in [1.29, 1.82) is 0 Å². The molecule has 10 heteroatoms. The molecule has 1 aromatic carbocycles. The van der Waals surface area contributed by atoms with E-state index in [0.29, 0.717) is 13.1 Å². The Morgan fingerprint density at radius 1 is 0.906 bits per heavy atom. The maximum Gasteiger partial charge on any atom is 0.338 e. The van der Waals surface area contributed by atoms with Crippen LogP contribution in [0.2, 0.25) is 0 Å². The molecule has 2 N–H and O–H groups in total. The van der Waals surface area contributed by atoms with E-state index in [4.69, 9.17) is 4.74 Å². The third kappa shape index (κ3) is 6.77. The number of carbonyl (C=O) groups excluding carboxylic acids is 3. The van der Waals surface area contributed by atoms with Crippen LogP contribution in [0.1, 0.15) is 68.1 Å². The van der Waals surface area contributed by atoms with Crippen LogP contribution in [0.15, 0.2) is 29.2 Å². The van der Waals surface area contributed by atoms with Crippen molar-refractivity contribution in [3.05, 3.63) is 29.8 Å². The number of hydrogen-bond acceptors (Lipinski definition) is 6. The molecule has 3 amide bonds. The number of amides is 3. The molecule has 0 aromatic heterocycles. The second kappa shape index (κ2) is 11.4. The van der Waals surface area contributed by atoms with Crippen LogP contribution in [0.5, 0.6) is 0 Å². The summed E-state index contributed by atoms with van der Waals surface area (Å²) in [7, 11) is -3.61. The molecule has 1 saturated heterocycles. The van der Waals surface area contributed by atoms with Gasteiger partial charge in [-0.25, -0.2) is 18.0 Å². The van der Waals surface area contributed by atoms with Gasteiger partial charge < -0.3 is 10.1 Å². The van der Waals surface area contributed by atoms with Crippen LogP contribution < -0.4 is 10.6 Å². The van der Waals surface area contributed by atoms with E-state index in [9.17, 15) is 22.8 Å². The Morgan fingerprint density at radius 3 is 2.12 bits per heavy atom. The number of carbonyl (C=O) groups is 3. The molecule has 1 heterocycles. The Bertz CT molecular complexity index is 902. The zero-order chi connectivity index (χ0) is 23.0. The van der Waals surface area contributed by atoms with Gasteiger partial charge in [-0.15, -0.1) is 0 Å². The predicted octanol–water partition coefficient (Wildman–Crippen LogP) is 2.57. The van der Waals surface area contributed by atoms with Gasteiger partial charge in [0.1, 0.15) is 0 Å². The first-order chi connectivity index (χ1) is 15.4. The van der Waals surface area contributed by atoms with Crippen molar-refractivity contribution < 1.29 is 27.5 Å². The van der Waals surface area contributed by atoms with Gasteiger partial charge in [0.15, 0.2) is 6.61 Å². The van der Waals surface area contributed by atoms with E-state index in [1.54, 1.807) is 0 Å². The summed E-state index contributed by atoms with van der Waals surface area (Å²) in [5.41, 5.74) is 0.124. The monoisotopic (exact) mass is 465 g/mol. The van der Waals surface area contributed by atoms with Gasteiger partial charge in [0.2, 0.25) is 10.0 Å². The highest BCUT2D eigenvalue weighted by molar-refractivity contribution is 7.89. The van der Waals surface area contributed by atoms with Gasteiger partial charge in [0.25, 0.3) is 5.91 Å². The highest BCUT2D eigenvalue weighted by Crippen LogP contribution is 2.21. The van der Waals surface area contributed by atoms with Crippen LogP contribution in [0.4, 0.5) is 4.79 Å². The second-order valence-corrected chi connectivity index (χ2v) is 10.2. The first-order valence-corrected chi connectivity index (χ1v) is 12.7. The van der Waals surface area contributed by atoms with Gasteiger partial charge in [0.05, 0.1) is 10.5 Å². The molecule has 1 aromatic rings. The van der Waals surface area contributed by atoms with Gasteiger partial charge in [-0.3, -0.25) is 10.1 Å². The molecule has 0 atom stereocenters. The Balaban J connectivity index is 1.47. The molecule has 176 valence electrons. The smallest absolute Gasteiger partial charge is 0.338 e. The molecule has 0 radical (unpaired) electrons. The van der Waals surface area contributed by atoms with Crippen molar-refractivity contribution in [2.75, 3.05) is 19.7 Å². The van der Waals surface area contributed by atoms with Crippen LogP contribution >= 0.6 is 0 Å². The van der Waals surface area contributed by atoms with E-state index in [-0.39, 0.29) is 16.5 Å². The predicted molar refractivity (Wildman–Crippen MR) is 117 cm³/mol. The molecular formula is C22H31N3O6S. The van der Waals surface area contributed by atoms with E-state index < -0.39 is 34.5 Å². The molecule has 32 heavy (non-hydrogen) atoms. The standard InChI is InChI=1S/C22H31N3O6S/c26-20(24-22(28)23-18-8-4-3-5-9-18)16-31-21(27)17-10-12-19(13-11-17)32(29,30)25-14-6-1-2-7-15-25/h10-13,18H,1-9,14-16H2,(H2,23,24,26,28). The summed E-state index contributed by atoms with van der Waals surface area (Å²) in [5, 5.41) is 4.90. The molecule has 0 spiro atoms. The van der Waals surface area contributed by atoms with Crippen molar-refractivity contribution in [2.24, 2.45) is 0 Å². The number of sulfonamides is 1. The fraction of sp³-hybridized carbons (Fsp3) is 0.591. The number of urea groups is 1. The Morgan fingerprint density at radius 2 is 1.50 bits per heavy atom. The first kappa shape index (κ1) is 24.2. The van der Waals surface area contributed by atoms with Gasteiger partial charge >= 0.3 is 12.0 Å². The third-order valence-corrected chi connectivity index (χ3v) is 7.73. The molecule has 0 unspecified atom stereocenters. The molecule has 0 bridgehead atoms. The van der Waals surface area contributed by atoms with Crippen LogP contribution in [-0.4, -0.2) is 56.4 Å². The molecular weight excluding hydrogens is 434 g/mol. The number of rotatable bonds is 6. The number of hydrogen-bond donors (Lipinski definition) is 2. The minimum Gasteiger partial charge on any atom is -0.452 e. The van der Waals surface area contributed by atoms with Gasteiger partial charge in [-0.1, -0.05) is 32.1 Å². The maximum absolute atomic E-state index is 12.8. The Labute approximate surface area is 188 Å². The van der Waals surface area contributed by atoms with Crippen molar-refractivity contribution in [3.8, 4) is 0 Å². The van der Waals surface area contributed by atoms with Crippen LogP contribution in [0, 0.1) is 0 Å². The summed E-state index contributed by atoms with van der Waals surface area (Å²) in [6.45, 7) is 0.385. The molecule has 1 aliphatic heterocycles. The summed E-state index contributed by atoms with van der Waals surface area (Å²) in [6, 6.07) is 4.93. The molecule has 2 fully saturated rings. The van der Waals surface area contributed by atoms with Crippen LogP contribution in [-0.2, 0) is 19.6 Å². The van der Waals surface area contributed by atoms with Crippen LogP contribution in [0.3, 0.4) is 0 Å². The molecule has 1 aliphatic carbocycles. The average Bonchev–Trinajstić information content (AvgIpc) is 3.08. The Kier molecular flexibility index (Phi) is 8.63. The molecule has 3 rings (SSSR count). The number of imide groups is 1. The topological polar surface area (TPSA) is 122 Å². The zero-order valence-corrected chi connectivity index (χ0v) is 19.0. The quantitative estimate of drug-likeness (QED) is 0.623. The number of esters is 1. The lowest BCUT2D eigenvalue weighted by molar-refractivity contribution is -0.123. The van der Waals surface area contributed by atoms with Crippen LogP contribution in [0.25, 0.3) is 0 Å². The number of benzene rings is 1. The minimum absolute atomic E-state index is 0.0585. The van der Waals surface area contributed by atoms with Gasteiger partial charge in [-0.05, 0) is 49.9 Å². The SMILES string of the molecule is O=C(COC(=O)c1ccc(S(=O)(=O)N2CCCCCC2)cc1)NC(=O)NC1CCCCC1. The van der Waals surface area contributed by atoms with E-state index in [2.05, 4.69) is 10.6 Å². The molecule has 2 aliphatic rings. The lowest BCUT2D eigenvalue weighted by atomic mass is 9.96. The van der Waals surface area contributed by atoms with E-state index in [1.807, 2.05) is 0 Å².